The van der Waals surface area contributed by atoms with Gasteiger partial charge in [-0.15, -0.1) is 0 Å². The summed E-state index contributed by atoms with van der Waals surface area (Å²) in [4.78, 5) is 0. The van der Waals surface area contributed by atoms with Crippen LogP contribution >= 0.6 is 0 Å². The molecule has 1 aromatic rings. The van der Waals surface area contributed by atoms with Gasteiger partial charge in [0, 0.05) is 19.3 Å². The topological polar surface area (TPSA) is 47.3 Å². The van der Waals surface area contributed by atoms with Crippen molar-refractivity contribution in [1.29, 1.82) is 0 Å². The average molecular weight is 252 g/mol. The van der Waals surface area contributed by atoms with Gasteiger partial charge in [-0.05, 0) is 32.3 Å². The third-order valence-electron chi connectivity index (χ3n) is 3.84. The summed E-state index contributed by atoms with van der Waals surface area (Å²) >= 11 is 0. The van der Waals surface area contributed by atoms with Crippen molar-refractivity contribution in [3.63, 3.8) is 0 Å². The maximum absolute atomic E-state index is 10.7. The first-order valence-corrected chi connectivity index (χ1v) is 7.07. The van der Waals surface area contributed by atoms with E-state index in [1.54, 1.807) is 6.20 Å². The van der Waals surface area contributed by atoms with Crippen molar-refractivity contribution in [2.24, 2.45) is 0 Å². The summed E-state index contributed by atoms with van der Waals surface area (Å²) in [6.07, 6.45) is 6.39. The van der Waals surface area contributed by atoms with Gasteiger partial charge in [0.25, 0.3) is 0 Å². The molecular formula is C14H24N2O2. The fraction of sp³-hybridized carbons (Fsp3) is 0.786. The Hall–Kier alpha value is -0.870. The molecule has 4 heteroatoms. The molecule has 2 rings (SSSR count). The van der Waals surface area contributed by atoms with Crippen LogP contribution in [-0.2, 0) is 11.3 Å². The SMILES string of the molecule is CCCn1nccc1C(O)C1(OCC)CCCC1. The zero-order valence-corrected chi connectivity index (χ0v) is 11.4. The average Bonchev–Trinajstić information content (AvgIpc) is 2.99. The molecule has 0 spiro atoms. The van der Waals surface area contributed by atoms with Gasteiger partial charge in [-0.25, -0.2) is 0 Å². The number of rotatable bonds is 6. The third kappa shape index (κ3) is 2.45. The van der Waals surface area contributed by atoms with Crippen LogP contribution in [0.4, 0.5) is 0 Å². The molecule has 1 fully saturated rings. The number of hydrogen-bond acceptors (Lipinski definition) is 3. The Balaban J connectivity index is 2.22. The molecule has 102 valence electrons. The van der Waals surface area contributed by atoms with Crippen molar-refractivity contribution >= 4 is 0 Å². The Labute approximate surface area is 109 Å². The molecule has 0 bridgehead atoms. The van der Waals surface area contributed by atoms with Gasteiger partial charge in [0.15, 0.2) is 0 Å². The molecular weight excluding hydrogens is 228 g/mol. The van der Waals surface area contributed by atoms with E-state index in [1.807, 2.05) is 17.7 Å². The van der Waals surface area contributed by atoms with Crippen LogP contribution in [0.25, 0.3) is 0 Å². The predicted octanol–water partition coefficient (Wildman–Crippen LogP) is 2.68. The van der Waals surface area contributed by atoms with Gasteiger partial charge in [-0.2, -0.15) is 5.10 Å². The number of nitrogens with zero attached hydrogens (tertiary/aromatic N) is 2. The Morgan fingerprint density at radius 1 is 1.44 bits per heavy atom. The second-order valence-electron chi connectivity index (χ2n) is 5.09. The van der Waals surface area contributed by atoms with Crippen molar-refractivity contribution in [3.8, 4) is 0 Å². The predicted molar refractivity (Wildman–Crippen MR) is 70.3 cm³/mol. The summed E-state index contributed by atoms with van der Waals surface area (Å²) in [6, 6.07) is 1.92. The molecule has 1 N–H and O–H groups in total. The summed E-state index contributed by atoms with van der Waals surface area (Å²) in [7, 11) is 0. The van der Waals surface area contributed by atoms with Gasteiger partial charge < -0.3 is 9.84 Å². The second-order valence-corrected chi connectivity index (χ2v) is 5.09. The number of aliphatic hydroxyl groups is 1. The van der Waals surface area contributed by atoms with Gasteiger partial charge in [-0.3, -0.25) is 4.68 Å². The molecule has 0 aromatic carbocycles. The van der Waals surface area contributed by atoms with Crippen LogP contribution in [0, 0.1) is 0 Å². The number of aryl methyl sites for hydroxylation is 1. The highest BCUT2D eigenvalue weighted by atomic mass is 16.5. The number of aromatic nitrogens is 2. The van der Waals surface area contributed by atoms with Crippen LogP contribution in [0.1, 0.15) is 57.7 Å². The summed E-state index contributed by atoms with van der Waals surface area (Å²) in [5, 5.41) is 15.0. The van der Waals surface area contributed by atoms with E-state index in [0.717, 1.165) is 44.3 Å². The maximum atomic E-state index is 10.7. The molecule has 1 aliphatic carbocycles. The van der Waals surface area contributed by atoms with Gasteiger partial charge in [0.05, 0.1) is 11.3 Å². The first kappa shape index (κ1) is 13.6. The standard InChI is InChI=1S/C14H24N2O2/c1-3-11-16-12(7-10-15-16)13(17)14(18-4-2)8-5-6-9-14/h7,10,13,17H,3-6,8-9,11H2,1-2H3. The quantitative estimate of drug-likeness (QED) is 0.846. The molecule has 0 amide bonds. The fourth-order valence-corrected chi connectivity index (χ4v) is 3.00. The van der Waals surface area contributed by atoms with E-state index in [-0.39, 0.29) is 5.60 Å². The highest BCUT2D eigenvalue weighted by Crippen LogP contribution is 2.42. The number of ether oxygens (including phenoxy) is 1. The molecule has 0 aliphatic heterocycles. The Kier molecular flexibility index (Phi) is 4.40. The minimum absolute atomic E-state index is 0.389. The highest BCUT2D eigenvalue weighted by molar-refractivity contribution is 5.12. The molecule has 0 radical (unpaired) electrons. The normalized spacial score (nSPS) is 20.2. The monoisotopic (exact) mass is 252 g/mol. The van der Waals surface area contributed by atoms with Gasteiger partial charge in [0.1, 0.15) is 6.10 Å². The lowest BCUT2D eigenvalue weighted by molar-refractivity contribution is -0.121. The first-order valence-electron chi connectivity index (χ1n) is 7.07. The van der Waals surface area contributed by atoms with E-state index in [2.05, 4.69) is 12.0 Å². The molecule has 1 aromatic heterocycles. The van der Waals surface area contributed by atoms with Gasteiger partial charge >= 0.3 is 0 Å². The molecule has 18 heavy (non-hydrogen) atoms. The van der Waals surface area contributed by atoms with E-state index in [1.165, 1.54) is 0 Å². The summed E-state index contributed by atoms with van der Waals surface area (Å²) < 4.78 is 7.82. The van der Waals surface area contributed by atoms with Crippen molar-refractivity contribution < 1.29 is 9.84 Å². The van der Waals surface area contributed by atoms with E-state index in [9.17, 15) is 5.11 Å². The van der Waals surface area contributed by atoms with Gasteiger partial charge in [-0.1, -0.05) is 19.8 Å². The van der Waals surface area contributed by atoms with E-state index in [0.29, 0.717) is 6.61 Å². The van der Waals surface area contributed by atoms with Crippen LogP contribution in [-0.4, -0.2) is 27.1 Å². The second kappa shape index (κ2) is 5.85. The maximum Gasteiger partial charge on any atom is 0.124 e. The molecule has 0 saturated heterocycles. The van der Waals surface area contributed by atoms with Crippen molar-refractivity contribution in [2.45, 2.75) is 64.2 Å². The lowest BCUT2D eigenvalue weighted by Gasteiger charge is -2.34. The molecule has 1 heterocycles. The number of hydrogen-bond donors (Lipinski definition) is 1. The minimum Gasteiger partial charge on any atom is -0.384 e. The van der Waals surface area contributed by atoms with Gasteiger partial charge in [0.2, 0.25) is 0 Å². The van der Waals surface area contributed by atoms with E-state index >= 15 is 0 Å². The molecule has 4 nitrogen and oxygen atoms in total. The summed E-state index contributed by atoms with van der Waals surface area (Å²) in [6.45, 7) is 5.61. The van der Waals surface area contributed by atoms with Crippen molar-refractivity contribution in [2.75, 3.05) is 6.61 Å². The van der Waals surface area contributed by atoms with Crippen LogP contribution in [0.3, 0.4) is 0 Å². The lowest BCUT2D eigenvalue weighted by atomic mass is 9.92. The highest BCUT2D eigenvalue weighted by Gasteiger charge is 2.43. The minimum atomic E-state index is -0.561. The first-order chi connectivity index (χ1) is 8.73. The Morgan fingerprint density at radius 3 is 2.78 bits per heavy atom. The fourth-order valence-electron chi connectivity index (χ4n) is 3.00. The summed E-state index contributed by atoms with van der Waals surface area (Å²) in [5.74, 6) is 0. The number of aliphatic hydroxyl groups excluding tert-OH is 1. The zero-order chi connectivity index (χ0) is 13.0. The molecule has 1 saturated carbocycles. The lowest BCUT2D eigenvalue weighted by Crippen LogP contribution is -2.37. The molecule has 1 aliphatic rings. The Morgan fingerprint density at radius 2 is 2.17 bits per heavy atom. The molecule has 1 unspecified atom stereocenters. The molecule has 1 atom stereocenters. The van der Waals surface area contributed by atoms with Crippen molar-refractivity contribution in [1.82, 2.24) is 9.78 Å². The van der Waals surface area contributed by atoms with Crippen molar-refractivity contribution in [3.05, 3.63) is 18.0 Å². The smallest absolute Gasteiger partial charge is 0.124 e. The third-order valence-corrected chi connectivity index (χ3v) is 3.84. The van der Waals surface area contributed by atoms with Crippen LogP contribution in [0.5, 0.6) is 0 Å². The van der Waals surface area contributed by atoms with Crippen LogP contribution in [0.15, 0.2) is 12.3 Å². The van der Waals surface area contributed by atoms with E-state index in [4.69, 9.17) is 4.74 Å². The largest absolute Gasteiger partial charge is 0.384 e. The summed E-state index contributed by atoms with van der Waals surface area (Å²) in [5.41, 5.74) is 0.507. The van der Waals surface area contributed by atoms with E-state index < -0.39 is 6.10 Å². The van der Waals surface area contributed by atoms with Crippen LogP contribution in [0.2, 0.25) is 0 Å². The zero-order valence-electron chi connectivity index (χ0n) is 11.4. The Bertz CT molecular complexity index is 370. The van der Waals surface area contributed by atoms with Crippen LogP contribution < -0.4 is 0 Å².